The maximum absolute atomic E-state index is 10.1. The summed E-state index contributed by atoms with van der Waals surface area (Å²) in [5.41, 5.74) is 26.9. The van der Waals surface area contributed by atoms with Gasteiger partial charge in [0.2, 0.25) is 0 Å². The molecule has 0 atom stereocenters. The van der Waals surface area contributed by atoms with E-state index in [2.05, 4.69) is 264 Å². The third-order valence-electron chi connectivity index (χ3n) is 21.0. The van der Waals surface area contributed by atoms with E-state index in [1.54, 1.807) is 0 Å². The molecule has 0 fully saturated rings. The minimum atomic E-state index is -0.243. The Hall–Kier alpha value is -13.4. The number of hydrogen-bond donors (Lipinski definition) is 0. The van der Waals surface area contributed by atoms with Gasteiger partial charge in [-0.15, -0.1) is 0 Å². The van der Waals surface area contributed by atoms with E-state index in [0.29, 0.717) is 40.5 Å². The molecule has 2 heterocycles. The summed E-state index contributed by atoms with van der Waals surface area (Å²) in [7, 11) is 0. The van der Waals surface area contributed by atoms with Gasteiger partial charge in [0.1, 0.15) is 0 Å². The van der Waals surface area contributed by atoms with Crippen molar-refractivity contribution in [3.8, 4) is 158 Å². The first-order valence-electron chi connectivity index (χ1n) is 34.4. The normalized spacial score (nSPS) is 12.8. The molecule has 0 saturated carbocycles. The fourth-order valence-corrected chi connectivity index (χ4v) is 15.6. The van der Waals surface area contributed by atoms with Crippen LogP contribution in [-0.4, -0.2) is 29.9 Å². The minimum Gasteiger partial charge on any atom is -0.208 e. The second-order valence-electron chi connectivity index (χ2n) is 27.5. The molecule has 0 spiro atoms. The highest BCUT2D eigenvalue weighted by Gasteiger charge is 2.38. The fraction of sp³-hybridized carbons (Fsp3) is 0.0638. The predicted molar refractivity (Wildman–Crippen MR) is 413 cm³/mol. The van der Waals surface area contributed by atoms with E-state index in [9.17, 15) is 10.5 Å². The Labute approximate surface area is 592 Å². The van der Waals surface area contributed by atoms with Crippen molar-refractivity contribution >= 4 is 21.5 Å². The zero-order chi connectivity index (χ0) is 68.8. The van der Waals surface area contributed by atoms with E-state index in [1.807, 2.05) is 78.9 Å². The largest absolute Gasteiger partial charge is 0.208 e. The van der Waals surface area contributed by atoms with Crippen molar-refractivity contribution in [3.05, 3.63) is 337 Å². The highest BCUT2D eigenvalue weighted by Crippen LogP contribution is 2.53. The van der Waals surface area contributed by atoms with Gasteiger partial charge in [0.05, 0.1) is 23.3 Å². The van der Waals surface area contributed by atoms with Crippen LogP contribution in [0.15, 0.2) is 303 Å². The first-order valence-corrected chi connectivity index (χ1v) is 34.4. The smallest absolute Gasteiger partial charge is 0.164 e. The van der Waals surface area contributed by atoms with Crippen LogP contribution in [0.2, 0.25) is 0 Å². The fourth-order valence-electron chi connectivity index (χ4n) is 15.6. The first kappa shape index (κ1) is 61.0. The van der Waals surface area contributed by atoms with Gasteiger partial charge in [-0.1, -0.05) is 301 Å². The molecule has 102 heavy (non-hydrogen) atoms. The van der Waals surface area contributed by atoms with Crippen molar-refractivity contribution in [1.82, 2.24) is 29.9 Å². The topological polar surface area (TPSA) is 125 Å². The number of nitriles is 2. The van der Waals surface area contributed by atoms with Gasteiger partial charge in [0.25, 0.3) is 0 Å². The van der Waals surface area contributed by atoms with Gasteiger partial charge in [0.15, 0.2) is 34.9 Å². The van der Waals surface area contributed by atoms with Crippen LogP contribution in [-0.2, 0) is 10.8 Å². The predicted octanol–water partition coefficient (Wildman–Crippen LogP) is 23.1. The number of fused-ring (bicyclic) bond motifs is 8. The van der Waals surface area contributed by atoms with E-state index in [-0.39, 0.29) is 10.8 Å². The van der Waals surface area contributed by atoms with Crippen molar-refractivity contribution in [3.63, 3.8) is 0 Å². The Morgan fingerprint density at radius 2 is 0.520 bits per heavy atom. The molecule has 2 aliphatic carbocycles. The molecule has 0 radical (unpaired) electrons. The molecule has 2 aromatic heterocycles. The van der Waals surface area contributed by atoms with Crippen LogP contribution in [0.1, 0.15) is 61.1 Å². The first-order chi connectivity index (χ1) is 49.9. The molecule has 8 heteroatoms. The quantitative estimate of drug-likeness (QED) is 0.125. The lowest BCUT2D eigenvalue weighted by Crippen LogP contribution is -2.15. The Morgan fingerprint density at radius 1 is 0.225 bits per heavy atom. The summed E-state index contributed by atoms with van der Waals surface area (Å²) in [6.45, 7) is 9.04. The molecule has 0 aliphatic heterocycles. The molecule has 16 aromatic rings. The van der Waals surface area contributed by atoms with Crippen molar-refractivity contribution in [2.45, 2.75) is 38.5 Å². The molecule has 0 amide bonds. The van der Waals surface area contributed by atoms with Crippen molar-refractivity contribution in [1.29, 1.82) is 10.5 Å². The van der Waals surface area contributed by atoms with Crippen LogP contribution in [0.4, 0.5) is 0 Å². The Bertz CT molecular complexity index is 6160. The third-order valence-corrected chi connectivity index (χ3v) is 21.0. The molecule has 14 aromatic carbocycles. The van der Waals surface area contributed by atoms with Crippen molar-refractivity contribution in [2.24, 2.45) is 0 Å². The molecule has 8 nitrogen and oxygen atoms in total. The number of rotatable bonds is 11. The van der Waals surface area contributed by atoms with E-state index >= 15 is 0 Å². The highest BCUT2D eigenvalue weighted by molar-refractivity contribution is 6.07. The zero-order valence-electron chi connectivity index (χ0n) is 56.4. The van der Waals surface area contributed by atoms with Crippen LogP contribution in [0.5, 0.6) is 0 Å². The standard InChI is InChI=1S/C94H62N8/c1-93(2)82-25-15-20-70(56-96)86(82)81-47-44-69(54-85(81)93)74-51-49-72(76-22-12-14-24-78(74)76)61-33-41-67(42-34-61)92-100-88(63-18-9-6-10-19-63)98-90(102-92)65-37-29-59(30-38-65)58-27-35-64(36-28-58)89-97-87(62-16-7-5-8-17-62)99-91(101-89)66-39-31-60(32-40-66)71-48-50-73(77-23-13-11-21-75(71)77)68-43-46-80-79-45-26-57(55-95)52-83(79)94(3,4)84(80)53-68/h5-54H,1-4H3. The summed E-state index contributed by atoms with van der Waals surface area (Å²) in [5, 5.41) is 24.5. The van der Waals surface area contributed by atoms with Gasteiger partial charge >= 0.3 is 0 Å². The second kappa shape index (κ2) is 24.2. The maximum atomic E-state index is 10.1. The van der Waals surface area contributed by atoms with Gasteiger partial charge in [-0.2, -0.15) is 10.5 Å². The molecule has 2 aliphatic rings. The number of hydrogen-bond acceptors (Lipinski definition) is 8. The summed E-state index contributed by atoms with van der Waals surface area (Å²) in [6.07, 6.45) is 0. The Balaban J connectivity index is 0.613. The van der Waals surface area contributed by atoms with E-state index in [0.717, 1.165) is 106 Å². The highest BCUT2D eigenvalue weighted by atomic mass is 15.0. The van der Waals surface area contributed by atoms with Crippen LogP contribution >= 0.6 is 0 Å². The number of nitrogens with zero attached hydrogens (tertiary/aromatic N) is 8. The molecule has 0 saturated heterocycles. The van der Waals surface area contributed by atoms with E-state index in [4.69, 9.17) is 29.9 Å². The van der Waals surface area contributed by atoms with Crippen LogP contribution in [0.3, 0.4) is 0 Å². The van der Waals surface area contributed by atoms with Gasteiger partial charge in [-0.25, -0.2) is 29.9 Å². The summed E-state index contributed by atoms with van der Waals surface area (Å²) in [5.74, 6) is 3.51. The molecule has 478 valence electrons. The third kappa shape index (κ3) is 10.4. The Morgan fingerprint density at radius 3 is 0.912 bits per heavy atom. The lowest BCUT2D eigenvalue weighted by molar-refractivity contribution is 0.660. The number of benzene rings is 14. The minimum absolute atomic E-state index is 0.243. The average molecular weight is 1300 g/mol. The average Bonchev–Trinajstić information content (AvgIpc) is 1.57. The molecule has 0 unspecified atom stereocenters. The molecule has 0 N–H and O–H groups in total. The zero-order valence-corrected chi connectivity index (χ0v) is 56.4. The molecular weight excluding hydrogens is 1240 g/mol. The van der Waals surface area contributed by atoms with E-state index in [1.165, 1.54) is 55.1 Å². The SMILES string of the molecule is CC1(C)c2cc(C#N)ccc2-c2ccc(-c3ccc(-c4ccc(-c5nc(-c6ccccc6)nc(-c6ccc(-c7ccc(-c8nc(-c9ccccc9)nc(-c9ccc(-c%10ccc(-c%11ccc%12c(c%11)C(C)(C)c%11cccc(C#N)c%11-%12)c%11ccccc%10%11)cc9)n8)cc7)cc6)n5)cc4)c4ccccc34)cc21. The second-order valence-corrected chi connectivity index (χ2v) is 27.5. The Kier molecular flexibility index (Phi) is 14.5. The summed E-state index contributed by atoms with van der Waals surface area (Å²) >= 11 is 0. The van der Waals surface area contributed by atoms with Crippen molar-refractivity contribution < 1.29 is 0 Å². The molecule has 0 bridgehead atoms. The van der Waals surface area contributed by atoms with Crippen LogP contribution in [0, 0.1) is 22.7 Å². The van der Waals surface area contributed by atoms with Gasteiger partial charge in [0, 0.05) is 49.8 Å². The summed E-state index contributed by atoms with van der Waals surface area (Å²) in [4.78, 5) is 30.7. The number of aromatic nitrogens is 6. The van der Waals surface area contributed by atoms with Gasteiger partial charge < -0.3 is 0 Å². The summed E-state index contributed by atoms with van der Waals surface area (Å²) in [6, 6.07) is 111. The lowest BCUT2D eigenvalue weighted by Gasteiger charge is -2.22. The summed E-state index contributed by atoms with van der Waals surface area (Å²) < 4.78 is 0. The maximum Gasteiger partial charge on any atom is 0.164 e. The van der Waals surface area contributed by atoms with Crippen LogP contribution < -0.4 is 0 Å². The van der Waals surface area contributed by atoms with Gasteiger partial charge in [-0.05, 0) is 146 Å². The monoisotopic (exact) mass is 1300 g/mol. The molecule has 18 rings (SSSR count). The van der Waals surface area contributed by atoms with Crippen molar-refractivity contribution in [2.75, 3.05) is 0 Å². The lowest BCUT2D eigenvalue weighted by atomic mass is 9.81. The molecular formula is C94H62N8. The van der Waals surface area contributed by atoms with E-state index < -0.39 is 0 Å². The van der Waals surface area contributed by atoms with Crippen LogP contribution in [0.25, 0.3) is 168 Å². The van der Waals surface area contributed by atoms with Gasteiger partial charge in [-0.3, -0.25) is 0 Å².